The number of nitrogens with one attached hydrogen (secondary N) is 1. The third-order valence-electron chi connectivity index (χ3n) is 4.68. The average Bonchev–Trinajstić information content (AvgIpc) is 3.17. The third kappa shape index (κ3) is 4.06. The Kier molecular flexibility index (Phi) is 5.96. The molecule has 1 aliphatic heterocycles. The van der Waals surface area contributed by atoms with E-state index in [0.29, 0.717) is 34.5 Å². The van der Waals surface area contributed by atoms with Crippen molar-refractivity contribution in [2.45, 2.75) is 18.9 Å². The number of urea groups is 1. The standard InChI is InChI=1S/C20H23ClN2O4/c1-25-17-11-15(12-18(26-2)19(17)27-3)22-20(24)23-10-4-5-16(23)13-6-8-14(21)9-7-13/h6-9,11-12,16H,4-5,10H2,1-3H3,(H,22,24)/t16-/m0/s1. The Hall–Kier alpha value is -2.60. The van der Waals surface area contributed by atoms with Crippen molar-refractivity contribution >= 4 is 23.3 Å². The van der Waals surface area contributed by atoms with Crippen molar-refractivity contribution in [2.24, 2.45) is 0 Å². The highest BCUT2D eigenvalue weighted by Crippen LogP contribution is 2.40. The zero-order valence-corrected chi connectivity index (χ0v) is 16.4. The van der Waals surface area contributed by atoms with Crippen LogP contribution in [0.2, 0.25) is 5.02 Å². The lowest BCUT2D eigenvalue weighted by Crippen LogP contribution is -2.34. The van der Waals surface area contributed by atoms with E-state index >= 15 is 0 Å². The number of hydrogen-bond acceptors (Lipinski definition) is 4. The molecule has 1 saturated heterocycles. The number of nitrogens with zero attached hydrogens (tertiary/aromatic N) is 1. The quantitative estimate of drug-likeness (QED) is 0.801. The first kappa shape index (κ1) is 19.2. The van der Waals surface area contributed by atoms with Gasteiger partial charge in [-0.1, -0.05) is 23.7 Å². The van der Waals surface area contributed by atoms with Crippen molar-refractivity contribution in [1.29, 1.82) is 0 Å². The summed E-state index contributed by atoms with van der Waals surface area (Å²) in [6, 6.07) is 10.9. The monoisotopic (exact) mass is 390 g/mol. The number of methoxy groups -OCH3 is 3. The van der Waals surface area contributed by atoms with Crippen LogP contribution >= 0.6 is 11.6 Å². The van der Waals surface area contributed by atoms with Gasteiger partial charge in [0.2, 0.25) is 5.75 Å². The smallest absolute Gasteiger partial charge is 0.322 e. The molecule has 2 amide bonds. The van der Waals surface area contributed by atoms with E-state index in [9.17, 15) is 4.79 Å². The zero-order chi connectivity index (χ0) is 19.4. The van der Waals surface area contributed by atoms with Crippen molar-refractivity contribution < 1.29 is 19.0 Å². The summed E-state index contributed by atoms with van der Waals surface area (Å²) in [5.41, 5.74) is 1.66. The van der Waals surface area contributed by atoms with Crippen LogP contribution in [0.5, 0.6) is 17.2 Å². The van der Waals surface area contributed by atoms with E-state index in [-0.39, 0.29) is 12.1 Å². The largest absolute Gasteiger partial charge is 0.493 e. The molecule has 2 aromatic rings. The molecule has 0 radical (unpaired) electrons. The molecule has 0 aliphatic carbocycles. The van der Waals surface area contributed by atoms with Gasteiger partial charge in [0, 0.05) is 23.7 Å². The molecule has 2 aromatic carbocycles. The second-order valence-corrected chi connectivity index (χ2v) is 6.68. The fourth-order valence-corrected chi connectivity index (χ4v) is 3.52. The average molecular weight is 391 g/mol. The Balaban J connectivity index is 1.81. The lowest BCUT2D eigenvalue weighted by atomic mass is 10.1. The fourth-order valence-electron chi connectivity index (χ4n) is 3.39. The summed E-state index contributed by atoms with van der Waals surface area (Å²) in [5.74, 6) is 1.46. The summed E-state index contributed by atoms with van der Waals surface area (Å²) >= 11 is 5.98. The molecule has 7 heteroatoms. The molecule has 0 bridgehead atoms. The molecule has 6 nitrogen and oxygen atoms in total. The summed E-state index contributed by atoms with van der Waals surface area (Å²) in [6.07, 6.45) is 1.88. The Morgan fingerprint density at radius 3 is 2.26 bits per heavy atom. The number of amides is 2. The van der Waals surface area contributed by atoms with E-state index in [1.807, 2.05) is 29.2 Å². The lowest BCUT2D eigenvalue weighted by Gasteiger charge is -2.26. The van der Waals surface area contributed by atoms with E-state index in [2.05, 4.69) is 5.32 Å². The molecule has 0 aromatic heterocycles. The third-order valence-corrected chi connectivity index (χ3v) is 4.94. The highest BCUT2D eigenvalue weighted by atomic mass is 35.5. The predicted octanol–water partition coefficient (Wildman–Crippen LogP) is 4.73. The summed E-state index contributed by atoms with van der Waals surface area (Å²) < 4.78 is 16.0. The van der Waals surface area contributed by atoms with Crippen LogP contribution in [0, 0.1) is 0 Å². The topological polar surface area (TPSA) is 60.0 Å². The molecule has 3 rings (SSSR count). The van der Waals surface area contributed by atoms with E-state index in [1.54, 1.807) is 33.5 Å². The van der Waals surface area contributed by atoms with Crippen LogP contribution in [0.4, 0.5) is 10.5 Å². The summed E-state index contributed by atoms with van der Waals surface area (Å²) in [7, 11) is 4.62. The molecule has 27 heavy (non-hydrogen) atoms. The fraction of sp³-hybridized carbons (Fsp3) is 0.350. The van der Waals surface area contributed by atoms with Crippen LogP contribution in [0.3, 0.4) is 0 Å². The minimum atomic E-state index is -0.165. The maximum Gasteiger partial charge on any atom is 0.322 e. The Morgan fingerprint density at radius 2 is 1.70 bits per heavy atom. The number of carbonyl (C=O) groups is 1. The van der Waals surface area contributed by atoms with Gasteiger partial charge in [-0.15, -0.1) is 0 Å². The highest BCUT2D eigenvalue weighted by molar-refractivity contribution is 6.30. The van der Waals surface area contributed by atoms with Crippen molar-refractivity contribution in [3.8, 4) is 17.2 Å². The predicted molar refractivity (Wildman–Crippen MR) is 105 cm³/mol. The number of benzene rings is 2. The van der Waals surface area contributed by atoms with E-state index in [1.165, 1.54) is 0 Å². The van der Waals surface area contributed by atoms with Gasteiger partial charge in [-0.25, -0.2) is 4.79 Å². The molecular formula is C20H23ClN2O4. The number of halogens is 1. The first-order valence-electron chi connectivity index (χ1n) is 8.70. The van der Waals surface area contributed by atoms with Gasteiger partial charge in [-0.05, 0) is 30.5 Å². The minimum absolute atomic E-state index is 0.0318. The molecule has 1 N–H and O–H groups in total. The van der Waals surface area contributed by atoms with Crippen LogP contribution in [-0.4, -0.2) is 38.8 Å². The maximum absolute atomic E-state index is 12.9. The number of hydrogen-bond donors (Lipinski definition) is 1. The molecular weight excluding hydrogens is 368 g/mol. The number of ether oxygens (including phenoxy) is 3. The van der Waals surface area contributed by atoms with E-state index in [0.717, 1.165) is 18.4 Å². The molecule has 1 atom stereocenters. The number of anilines is 1. The maximum atomic E-state index is 12.9. The van der Waals surface area contributed by atoms with Gasteiger partial charge in [0.05, 0.1) is 33.1 Å². The van der Waals surface area contributed by atoms with Gasteiger partial charge in [-0.2, -0.15) is 0 Å². The molecule has 1 aliphatic rings. The van der Waals surface area contributed by atoms with Gasteiger partial charge >= 0.3 is 6.03 Å². The zero-order valence-electron chi connectivity index (χ0n) is 15.6. The van der Waals surface area contributed by atoms with Gasteiger partial charge < -0.3 is 24.4 Å². The van der Waals surface area contributed by atoms with Crippen molar-refractivity contribution in [1.82, 2.24) is 4.90 Å². The van der Waals surface area contributed by atoms with Crippen LogP contribution < -0.4 is 19.5 Å². The van der Waals surface area contributed by atoms with E-state index < -0.39 is 0 Å². The van der Waals surface area contributed by atoms with E-state index in [4.69, 9.17) is 25.8 Å². The lowest BCUT2D eigenvalue weighted by molar-refractivity contribution is 0.207. The number of carbonyl (C=O) groups excluding carboxylic acids is 1. The van der Waals surface area contributed by atoms with Crippen molar-refractivity contribution in [3.63, 3.8) is 0 Å². The highest BCUT2D eigenvalue weighted by Gasteiger charge is 2.30. The molecule has 1 fully saturated rings. The Labute approximate surface area is 164 Å². The van der Waals surface area contributed by atoms with Gasteiger partial charge in [0.15, 0.2) is 11.5 Å². The van der Waals surface area contributed by atoms with Crippen LogP contribution in [0.1, 0.15) is 24.4 Å². The SMILES string of the molecule is COc1cc(NC(=O)N2CCC[C@H]2c2ccc(Cl)cc2)cc(OC)c1OC. The summed E-state index contributed by atoms with van der Waals surface area (Å²) in [4.78, 5) is 14.7. The first-order chi connectivity index (χ1) is 13.1. The van der Waals surface area contributed by atoms with Crippen LogP contribution in [0.15, 0.2) is 36.4 Å². The first-order valence-corrected chi connectivity index (χ1v) is 9.08. The Bertz CT molecular complexity index is 785. The van der Waals surface area contributed by atoms with Crippen molar-refractivity contribution in [3.05, 3.63) is 47.0 Å². The van der Waals surface area contributed by atoms with Crippen LogP contribution in [0.25, 0.3) is 0 Å². The summed E-state index contributed by atoms with van der Waals surface area (Å²) in [6.45, 7) is 0.698. The number of rotatable bonds is 5. The van der Waals surface area contributed by atoms with Crippen LogP contribution in [-0.2, 0) is 0 Å². The molecule has 0 unspecified atom stereocenters. The number of likely N-dealkylation sites (tertiary alicyclic amines) is 1. The molecule has 0 saturated carbocycles. The second-order valence-electron chi connectivity index (χ2n) is 6.25. The second kappa shape index (κ2) is 8.39. The summed E-state index contributed by atoms with van der Waals surface area (Å²) in [5, 5.41) is 3.63. The Morgan fingerprint density at radius 1 is 1.07 bits per heavy atom. The van der Waals surface area contributed by atoms with Gasteiger partial charge in [-0.3, -0.25) is 0 Å². The molecule has 144 valence electrons. The van der Waals surface area contributed by atoms with Gasteiger partial charge in [0.25, 0.3) is 0 Å². The minimum Gasteiger partial charge on any atom is -0.493 e. The van der Waals surface area contributed by atoms with Gasteiger partial charge in [0.1, 0.15) is 0 Å². The normalized spacial score (nSPS) is 16.1. The molecule has 0 spiro atoms. The van der Waals surface area contributed by atoms with Crippen molar-refractivity contribution in [2.75, 3.05) is 33.2 Å². The molecule has 1 heterocycles.